The van der Waals surface area contributed by atoms with Crippen LogP contribution in [0.25, 0.3) is 0 Å². The third-order valence-corrected chi connectivity index (χ3v) is 3.79. The Bertz CT molecular complexity index is 187. The van der Waals surface area contributed by atoms with E-state index in [1.165, 1.54) is 32.4 Å². The monoisotopic (exact) mass is 212 g/mol. The minimum Gasteiger partial charge on any atom is -0.316 e. The number of likely N-dealkylation sites (tertiary alicyclic amines) is 1. The predicted molar refractivity (Wildman–Crippen MR) is 67.2 cm³/mol. The van der Waals surface area contributed by atoms with Crippen LogP contribution in [0.5, 0.6) is 0 Å². The molecule has 0 saturated carbocycles. The Morgan fingerprint density at radius 2 is 2.07 bits per heavy atom. The van der Waals surface area contributed by atoms with E-state index in [-0.39, 0.29) is 0 Å². The van der Waals surface area contributed by atoms with Crippen LogP contribution in [-0.4, -0.2) is 36.6 Å². The zero-order chi connectivity index (χ0) is 11.5. The van der Waals surface area contributed by atoms with Crippen molar-refractivity contribution in [2.75, 3.05) is 20.1 Å². The van der Waals surface area contributed by atoms with Crippen LogP contribution in [0.1, 0.15) is 47.0 Å². The van der Waals surface area contributed by atoms with E-state index >= 15 is 0 Å². The largest absolute Gasteiger partial charge is 0.316 e. The van der Waals surface area contributed by atoms with E-state index in [4.69, 9.17) is 0 Å². The van der Waals surface area contributed by atoms with Gasteiger partial charge in [0.2, 0.25) is 0 Å². The fourth-order valence-electron chi connectivity index (χ4n) is 2.33. The molecular formula is C13H28N2. The van der Waals surface area contributed by atoms with Crippen LogP contribution in [0.3, 0.4) is 0 Å². The van der Waals surface area contributed by atoms with Crippen molar-refractivity contribution in [2.24, 2.45) is 5.92 Å². The maximum Gasteiger partial charge on any atom is 0.0192 e. The number of nitrogens with one attached hydrogen (secondary N) is 1. The highest BCUT2D eigenvalue weighted by atomic mass is 15.2. The number of likely N-dealkylation sites (N-methyl/N-ethyl adjacent to an activating group) is 1. The van der Waals surface area contributed by atoms with Crippen molar-refractivity contribution in [3.63, 3.8) is 0 Å². The molecule has 1 fully saturated rings. The summed E-state index contributed by atoms with van der Waals surface area (Å²) < 4.78 is 0. The molecule has 1 aliphatic heterocycles. The van der Waals surface area contributed by atoms with E-state index in [2.05, 4.69) is 45.0 Å². The summed E-state index contributed by atoms with van der Waals surface area (Å²) in [6.45, 7) is 11.9. The lowest BCUT2D eigenvalue weighted by Crippen LogP contribution is -2.55. The molecule has 1 atom stereocenters. The lowest BCUT2D eigenvalue weighted by Gasteiger charge is -2.46. The molecule has 1 saturated heterocycles. The highest BCUT2D eigenvalue weighted by Crippen LogP contribution is 2.27. The van der Waals surface area contributed by atoms with Crippen LogP contribution >= 0.6 is 0 Å². The number of nitrogens with zero attached hydrogens (tertiary/aromatic N) is 1. The zero-order valence-electron chi connectivity index (χ0n) is 11.1. The molecule has 0 spiro atoms. The van der Waals surface area contributed by atoms with Crippen LogP contribution < -0.4 is 5.32 Å². The van der Waals surface area contributed by atoms with Crippen molar-refractivity contribution in [2.45, 2.75) is 58.5 Å². The molecule has 0 bridgehead atoms. The Balaban J connectivity index is 2.48. The Labute approximate surface area is 95.4 Å². The van der Waals surface area contributed by atoms with Gasteiger partial charge in [0.15, 0.2) is 0 Å². The first-order chi connectivity index (χ1) is 6.95. The van der Waals surface area contributed by atoms with Crippen LogP contribution in [0.4, 0.5) is 0 Å². The van der Waals surface area contributed by atoms with Crippen molar-refractivity contribution in [3.8, 4) is 0 Å². The molecule has 1 aliphatic rings. The van der Waals surface area contributed by atoms with E-state index < -0.39 is 0 Å². The first kappa shape index (κ1) is 13.0. The maximum atomic E-state index is 3.42. The first-order valence-electron chi connectivity index (χ1n) is 6.38. The molecule has 1 rings (SSSR count). The third kappa shape index (κ3) is 3.76. The van der Waals surface area contributed by atoms with Gasteiger partial charge in [0, 0.05) is 18.1 Å². The van der Waals surface area contributed by atoms with Crippen LogP contribution in [0, 0.1) is 5.92 Å². The predicted octanol–water partition coefficient (Wildman–Crippen LogP) is 2.49. The molecule has 15 heavy (non-hydrogen) atoms. The van der Waals surface area contributed by atoms with Crippen molar-refractivity contribution >= 4 is 0 Å². The van der Waals surface area contributed by atoms with Crippen molar-refractivity contribution in [1.29, 1.82) is 0 Å². The number of hydrogen-bond donors (Lipinski definition) is 1. The van der Waals surface area contributed by atoms with E-state index in [1.54, 1.807) is 0 Å². The van der Waals surface area contributed by atoms with E-state index in [0.717, 1.165) is 5.92 Å². The van der Waals surface area contributed by atoms with Gasteiger partial charge in [0.05, 0.1) is 0 Å². The Morgan fingerprint density at radius 1 is 1.40 bits per heavy atom. The second-order valence-corrected chi connectivity index (χ2v) is 5.97. The summed E-state index contributed by atoms with van der Waals surface area (Å²) in [6, 6.07) is 0.699. The van der Waals surface area contributed by atoms with Gasteiger partial charge in [0.25, 0.3) is 0 Å². The number of hydrogen-bond acceptors (Lipinski definition) is 2. The topological polar surface area (TPSA) is 15.3 Å². The van der Waals surface area contributed by atoms with Gasteiger partial charge in [-0.15, -0.1) is 0 Å². The highest BCUT2D eigenvalue weighted by Gasteiger charge is 2.33. The van der Waals surface area contributed by atoms with Crippen molar-refractivity contribution < 1.29 is 0 Å². The van der Waals surface area contributed by atoms with Gasteiger partial charge in [-0.1, -0.05) is 13.8 Å². The van der Waals surface area contributed by atoms with Gasteiger partial charge in [-0.2, -0.15) is 0 Å². The summed E-state index contributed by atoms with van der Waals surface area (Å²) in [7, 11) is 2.09. The standard InChI is InChI=1S/C13H28N2/c1-11(2)7-9-15-10-12(14-5)6-8-13(15,3)4/h11-12,14H,6-10H2,1-5H3. The van der Waals surface area contributed by atoms with E-state index in [1.807, 2.05) is 0 Å². The quantitative estimate of drug-likeness (QED) is 0.770. The summed E-state index contributed by atoms with van der Waals surface area (Å²) in [5.41, 5.74) is 0.405. The molecule has 0 aromatic rings. The number of rotatable bonds is 4. The molecule has 90 valence electrons. The molecule has 1 N–H and O–H groups in total. The lowest BCUT2D eigenvalue weighted by atomic mass is 9.87. The average Bonchev–Trinajstić information content (AvgIpc) is 2.15. The molecule has 0 aliphatic carbocycles. The smallest absolute Gasteiger partial charge is 0.0192 e. The molecule has 0 radical (unpaired) electrons. The molecule has 0 amide bonds. The lowest BCUT2D eigenvalue weighted by molar-refractivity contribution is 0.0552. The summed E-state index contributed by atoms with van der Waals surface area (Å²) in [5, 5.41) is 3.42. The minimum absolute atomic E-state index is 0.405. The van der Waals surface area contributed by atoms with Gasteiger partial charge >= 0.3 is 0 Å². The molecule has 0 aromatic carbocycles. The van der Waals surface area contributed by atoms with Gasteiger partial charge in [-0.3, -0.25) is 4.90 Å². The normalized spacial score (nSPS) is 27.2. The molecule has 1 unspecified atom stereocenters. The van der Waals surface area contributed by atoms with Crippen LogP contribution in [0.15, 0.2) is 0 Å². The summed E-state index contributed by atoms with van der Waals surface area (Å²) in [6.07, 6.45) is 3.96. The van der Waals surface area contributed by atoms with Crippen molar-refractivity contribution in [3.05, 3.63) is 0 Å². The second-order valence-electron chi connectivity index (χ2n) is 5.97. The first-order valence-corrected chi connectivity index (χ1v) is 6.38. The van der Waals surface area contributed by atoms with E-state index in [0.29, 0.717) is 11.6 Å². The Morgan fingerprint density at radius 3 is 2.60 bits per heavy atom. The minimum atomic E-state index is 0.405. The van der Waals surface area contributed by atoms with Gasteiger partial charge in [0.1, 0.15) is 0 Å². The fraction of sp³-hybridized carbons (Fsp3) is 1.00. The zero-order valence-corrected chi connectivity index (χ0v) is 11.1. The van der Waals surface area contributed by atoms with Crippen LogP contribution in [0.2, 0.25) is 0 Å². The molecule has 0 aromatic heterocycles. The third-order valence-electron chi connectivity index (χ3n) is 3.79. The van der Waals surface area contributed by atoms with Crippen LogP contribution in [-0.2, 0) is 0 Å². The Hall–Kier alpha value is -0.0800. The van der Waals surface area contributed by atoms with Crippen molar-refractivity contribution in [1.82, 2.24) is 10.2 Å². The fourth-order valence-corrected chi connectivity index (χ4v) is 2.33. The van der Waals surface area contributed by atoms with Gasteiger partial charge in [-0.05, 0) is 52.6 Å². The van der Waals surface area contributed by atoms with Gasteiger partial charge in [-0.25, -0.2) is 0 Å². The van der Waals surface area contributed by atoms with E-state index in [9.17, 15) is 0 Å². The van der Waals surface area contributed by atoms with Gasteiger partial charge < -0.3 is 5.32 Å². The second kappa shape index (κ2) is 5.31. The maximum absolute atomic E-state index is 3.42. The number of piperidine rings is 1. The summed E-state index contributed by atoms with van der Waals surface area (Å²) >= 11 is 0. The molecule has 2 heteroatoms. The summed E-state index contributed by atoms with van der Waals surface area (Å²) in [5.74, 6) is 0.816. The average molecular weight is 212 g/mol. The molecule has 1 heterocycles. The Kier molecular flexibility index (Phi) is 4.60. The molecular weight excluding hydrogens is 184 g/mol. The SMILES string of the molecule is CNC1CCC(C)(C)N(CCC(C)C)C1. The molecule has 2 nitrogen and oxygen atoms in total. The highest BCUT2D eigenvalue weighted by molar-refractivity contribution is 4.90. The summed E-state index contributed by atoms with van der Waals surface area (Å²) in [4.78, 5) is 2.66.